The SMILES string of the molecule is O=C(CN(Cc1ccco1)C(=O)CCc1ccc(-c2ccccc2)o1)Nc1ccccc1. The average Bonchev–Trinajstić information content (AvgIpc) is 3.50. The molecule has 162 valence electrons. The molecule has 0 spiro atoms. The zero-order valence-electron chi connectivity index (χ0n) is 17.6. The summed E-state index contributed by atoms with van der Waals surface area (Å²) in [6, 6.07) is 26.3. The lowest BCUT2D eigenvalue weighted by Gasteiger charge is -2.21. The molecule has 0 saturated heterocycles. The van der Waals surface area contributed by atoms with Crippen LogP contribution in [0, 0.1) is 0 Å². The van der Waals surface area contributed by atoms with Gasteiger partial charge in [-0.3, -0.25) is 9.59 Å². The van der Waals surface area contributed by atoms with Gasteiger partial charge in [-0.05, 0) is 36.4 Å². The van der Waals surface area contributed by atoms with E-state index in [4.69, 9.17) is 8.83 Å². The van der Waals surface area contributed by atoms with Crippen molar-refractivity contribution in [1.82, 2.24) is 4.90 Å². The van der Waals surface area contributed by atoms with Crippen molar-refractivity contribution in [3.63, 3.8) is 0 Å². The van der Waals surface area contributed by atoms with Crippen molar-refractivity contribution in [2.45, 2.75) is 19.4 Å². The monoisotopic (exact) mass is 428 g/mol. The summed E-state index contributed by atoms with van der Waals surface area (Å²) in [6.45, 7) is 0.156. The van der Waals surface area contributed by atoms with Gasteiger partial charge in [-0.15, -0.1) is 0 Å². The summed E-state index contributed by atoms with van der Waals surface area (Å²) in [7, 11) is 0. The lowest BCUT2D eigenvalue weighted by atomic mass is 10.2. The molecule has 2 amide bonds. The Kier molecular flexibility index (Phi) is 6.82. The van der Waals surface area contributed by atoms with Gasteiger partial charge >= 0.3 is 0 Å². The van der Waals surface area contributed by atoms with Gasteiger partial charge in [-0.25, -0.2) is 0 Å². The predicted molar refractivity (Wildman–Crippen MR) is 122 cm³/mol. The average molecular weight is 428 g/mol. The molecule has 0 aliphatic carbocycles. The number of furan rings is 2. The van der Waals surface area contributed by atoms with Crippen LogP contribution in [0.1, 0.15) is 17.9 Å². The third-order valence-corrected chi connectivity index (χ3v) is 4.98. The number of nitrogens with zero attached hydrogens (tertiary/aromatic N) is 1. The number of para-hydroxylation sites is 1. The number of nitrogens with one attached hydrogen (secondary N) is 1. The van der Waals surface area contributed by atoms with Crippen molar-refractivity contribution in [3.8, 4) is 11.3 Å². The van der Waals surface area contributed by atoms with Crippen LogP contribution in [0.3, 0.4) is 0 Å². The molecular formula is C26H24N2O4. The Morgan fingerprint density at radius 1 is 0.812 bits per heavy atom. The van der Waals surface area contributed by atoms with Gasteiger partial charge in [0.2, 0.25) is 11.8 Å². The van der Waals surface area contributed by atoms with Crippen molar-refractivity contribution in [2.75, 3.05) is 11.9 Å². The molecule has 4 aromatic rings. The standard InChI is InChI=1S/C26H24N2O4/c29-25(27-21-10-5-2-6-11-21)19-28(18-23-12-7-17-31-23)26(30)16-14-22-13-15-24(32-22)20-8-3-1-4-9-20/h1-13,15,17H,14,16,18-19H2,(H,27,29). The molecule has 6 nitrogen and oxygen atoms in total. The fourth-order valence-corrected chi connectivity index (χ4v) is 3.38. The highest BCUT2D eigenvalue weighted by molar-refractivity contribution is 5.94. The minimum absolute atomic E-state index is 0.0676. The van der Waals surface area contributed by atoms with E-state index in [1.54, 1.807) is 30.5 Å². The normalized spacial score (nSPS) is 10.6. The second-order valence-corrected chi connectivity index (χ2v) is 7.38. The van der Waals surface area contributed by atoms with Crippen LogP contribution >= 0.6 is 0 Å². The molecule has 6 heteroatoms. The van der Waals surface area contributed by atoms with Crippen molar-refractivity contribution < 1.29 is 18.4 Å². The quantitative estimate of drug-likeness (QED) is 0.401. The Labute approximate surface area is 186 Å². The van der Waals surface area contributed by atoms with Crippen LogP contribution in [-0.4, -0.2) is 23.3 Å². The van der Waals surface area contributed by atoms with Crippen molar-refractivity contribution in [2.24, 2.45) is 0 Å². The molecule has 32 heavy (non-hydrogen) atoms. The minimum atomic E-state index is -0.263. The smallest absolute Gasteiger partial charge is 0.244 e. The maximum atomic E-state index is 13.0. The van der Waals surface area contributed by atoms with Crippen LogP contribution < -0.4 is 5.32 Å². The molecular weight excluding hydrogens is 404 g/mol. The summed E-state index contributed by atoms with van der Waals surface area (Å²) in [4.78, 5) is 27.0. The number of anilines is 1. The van der Waals surface area contributed by atoms with Gasteiger partial charge in [-0.1, -0.05) is 48.5 Å². The highest BCUT2D eigenvalue weighted by atomic mass is 16.3. The number of rotatable bonds is 9. The molecule has 0 atom stereocenters. The number of benzene rings is 2. The first-order valence-corrected chi connectivity index (χ1v) is 10.5. The van der Waals surface area contributed by atoms with E-state index < -0.39 is 0 Å². The zero-order valence-corrected chi connectivity index (χ0v) is 17.6. The number of carbonyl (C=O) groups excluding carboxylic acids is 2. The topological polar surface area (TPSA) is 75.7 Å². The molecule has 0 radical (unpaired) electrons. The number of carbonyl (C=O) groups is 2. The Hall–Kier alpha value is -4.06. The summed E-state index contributed by atoms with van der Waals surface area (Å²) in [6.07, 6.45) is 2.22. The van der Waals surface area contributed by atoms with Crippen LogP contribution in [-0.2, 0) is 22.6 Å². The van der Waals surface area contributed by atoms with E-state index in [9.17, 15) is 9.59 Å². The van der Waals surface area contributed by atoms with Crippen LogP contribution in [0.15, 0.2) is 100 Å². The third kappa shape index (κ3) is 5.76. The lowest BCUT2D eigenvalue weighted by molar-refractivity contribution is -0.135. The summed E-state index contributed by atoms with van der Waals surface area (Å²) in [5, 5.41) is 2.82. The lowest BCUT2D eigenvalue weighted by Crippen LogP contribution is -2.37. The molecule has 0 aliphatic rings. The predicted octanol–water partition coefficient (Wildman–Crippen LogP) is 5.14. The zero-order chi connectivity index (χ0) is 22.2. The van der Waals surface area contributed by atoms with Gasteiger partial charge in [0.1, 0.15) is 23.8 Å². The van der Waals surface area contributed by atoms with E-state index >= 15 is 0 Å². The molecule has 0 unspecified atom stereocenters. The number of hydrogen-bond acceptors (Lipinski definition) is 4. The molecule has 0 aliphatic heterocycles. The van der Waals surface area contributed by atoms with E-state index in [-0.39, 0.29) is 31.3 Å². The molecule has 1 N–H and O–H groups in total. The van der Waals surface area contributed by atoms with Crippen LogP contribution in [0.2, 0.25) is 0 Å². The highest BCUT2D eigenvalue weighted by Gasteiger charge is 2.19. The first-order chi connectivity index (χ1) is 15.7. The fraction of sp³-hybridized carbons (Fsp3) is 0.154. The van der Waals surface area contributed by atoms with Gasteiger partial charge in [-0.2, -0.15) is 0 Å². The molecule has 0 saturated carbocycles. The number of aryl methyl sites for hydroxylation is 1. The van der Waals surface area contributed by atoms with Crippen molar-refractivity contribution in [1.29, 1.82) is 0 Å². The minimum Gasteiger partial charge on any atom is -0.467 e. The molecule has 0 fully saturated rings. The Bertz CT molecular complexity index is 1140. The van der Waals surface area contributed by atoms with E-state index in [2.05, 4.69) is 5.32 Å². The summed E-state index contributed by atoms with van der Waals surface area (Å²) < 4.78 is 11.3. The number of amides is 2. The largest absolute Gasteiger partial charge is 0.467 e. The van der Waals surface area contributed by atoms with Crippen molar-refractivity contribution in [3.05, 3.63) is 103 Å². The van der Waals surface area contributed by atoms with Gasteiger partial charge in [0.05, 0.1) is 12.8 Å². The molecule has 2 aromatic carbocycles. The summed E-state index contributed by atoms with van der Waals surface area (Å²) in [5.41, 5.74) is 1.68. The molecule has 0 bridgehead atoms. The van der Waals surface area contributed by atoms with Crippen molar-refractivity contribution >= 4 is 17.5 Å². The highest BCUT2D eigenvalue weighted by Crippen LogP contribution is 2.22. The first-order valence-electron chi connectivity index (χ1n) is 10.5. The second kappa shape index (κ2) is 10.3. The first kappa shape index (κ1) is 21.2. The second-order valence-electron chi connectivity index (χ2n) is 7.38. The van der Waals surface area contributed by atoms with Gasteiger partial charge in [0, 0.05) is 24.1 Å². The van der Waals surface area contributed by atoms with Crippen LogP contribution in [0.4, 0.5) is 5.69 Å². The Morgan fingerprint density at radius 2 is 1.56 bits per heavy atom. The van der Waals surface area contributed by atoms with Gasteiger partial charge in [0.15, 0.2) is 0 Å². The summed E-state index contributed by atoms with van der Waals surface area (Å²) >= 11 is 0. The van der Waals surface area contributed by atoms with Crippen LogP contribution in [0.25, 0.3) is 11.3 Å². The summed E-state index contributed by atoms with van der Waals surface area (Å²) in [5.74, 6) is 1.70. The van der Waals surface area contributed by atoms with E-state index in [1.807, 2.05) is 60.7 Å². The maximum absolute atomic E-state index is 13.0. The fourth-order valence-electron chi connectivity index (χ4n) is 3.38. The molecule has 2 heterocycles. The van der Waals surface area contributed by atoms with Gasteiger partial charge < -0.3 is 19.1 Å². The van der Waals surface area contributed by atoms with Gasteiger partial charge in [0.25, 0.3) is 0 Å². The molecule has 2 aromatic heterocycles. The Balaban J connectivity index is 1.38. The van der Waals surface area contributed by atoms with Crippen LogP contribution in [0.5, 0.6) is 0 Å². The molecule has 4 rings (SSSR count). The maximum Gasteiger partial charge on any atom is 0.244 e. The van der Waals surface area contributed by atoms with E-state index in [0.717, 1.165) is 17.1 Å². The third-order valence-electron chi connectivity index (χ3n) is 4.98. The number of hydrogen-bond donors (Lipinski definition) is 1. The van der Waals surface area contributed by atoms with E-state index in [0.29, 0.717) is 17.9 Å². The van der Waals surface area contributed by atoms with E-state index in [1.165, 1.54) is 4.90 Å². The Morgan fingerprint density at radius 3 is 2.28 bits per heavy atom.